The summed E-state index contributed by atoms with van der Waals surface area (Å²) in [5.74, 6) is -1.03. The molecule has 0 saturated carbocycles. The second-order valence-corrected chi connectivity index (χ2v) is 3.39. The van der Waals surface area contributed by atoms with Crippen molar-refractivity contribution in [2.75, 3.05) is 0 Å². The number of carbonyl (C=O) groups excluding carboxylic acids is 1. The fourth-order valence-corrected chi connectivity index (χ4v) is 1.23. The molecule has 0 spiro atoms. The van der Waals surface area contributed by atoms with E-state index in [2.05, 4.69) is 11.9 Å². The minimum Gasteiger partial charge on any atom is -0.478 e. The molecule has 0 rings (SSSR count). The van der Waals surface area contributed by atoms with Gasteiger partial charge in [-0.2, -0.15) is 4.99 Å². The lowest BCUT2D eigenvalue weighted by atomic mass is 10.1. The van der Waals surface area contributed by atoms with Crippen LogP contribution >= 0.6 is 0 Å². The van der Waals surface area contributed by atoms with E-state index in [1.165, 1.54) is 13.0 Å². The van der Waals surface area contributed by atoms with Crippen molar-refractivity contribution < 1.29 is 14.7 Å². The Kier molecular flexibility index (Phi) is 7.20. The molecule has 0 aliphatic rings. The largest absolute Gasteiger partial charge is 0.478 e. The van der Waals surface area contributed by atoms with Crippen LogP contribution < -0.4 is 0 Å². The molecule has 4 nitrogen and oxygen atoms in total. The minimum atomic E-state index is -1.03. The van der Waals surface area contributed by atoms with Crippen LogP contribution in [0.1, 0.15) is 46.0 Å². The van der Waals surface area contributed by atoms with E-state index >= 15 is 0 Å². The van der Waals surface area contributed by atoms with Gasteiger partial charge in [-0.15, -0.1) is 0 Å². The summed E-state index contributed by atoms with van der Waals surface area (Å²) in [5.41, 5.74) is 0.475. The first kappa shape index (κ1) is 13.6. The molecule has 0 radical (unpaired) electrons. The standard InChI is InChI=1S/C11H17NO3/c1-3-4-5-6-7-10(12-8-13)9(2)11(14)15/h3-7H2,1-2H3,(H,14,15)/b10-9+. The van der Waals surface area contributed by atoms with Gasteiger partial charge in [-0.3, -0.25) is 0 Å². The van der Waals surface area contributed by atoms with Crippen LogP contribution in [0.25, 0.3) is 0 Å². The number of isocyanates is 1. The van der Waals surface area contributed by atoms with Crippen LogP contribution in [0.3, 0.4) is 0 Å². The van der Waals surface area contributed by atoms with Crippen LogP contribution in [0, 0.1) is 0 Å². The highest BCUT2D eigenvalue weighted by atomic mass is 16.4. The molecule has 4 heteroatoms. The molecule has 0 atom stereocenters. The third-order valence-electron chi connectivity index (χ3n) is 2.20. The molecular weight excluding hydrogens is 194 g/mol. The smallest absolute Gasteiger partial charge is 0.333 e. The monoisotopic (exact) mass is 211 g/mol. The van der Waals surface area contributed by atoms with Crippen molar-refractivity contribution >= 4 is 12.0 Å². The van der Waals surface area contributed by atoms with Gasteiger partial charge in [-0.25, -0.2) is 9.59 Å². The molecule has 0 amide bonds. The van der Waals surface area contributed by atoms with Crippen molar-refractivity contribution in [2.24, 2.45) is 4.99 Å². The van der Waals surface area contributed by atoms with Gasteiger partial charge in [0.15, 0.2) is 0 Å². The van der Waals surface area contributed by atoms with E-state index in [1.807, 2.05) is 0 Å². The van der Waals surface area contributed by atoms with Gasteiger partial charge in [0.2, 0.25) is 6.08 Å². The molecule has 0 aliphatic heterocycles. The maximum absolute atomic E-state index is 10.7. The zero-order valence-corrected chi connectivity index (χ0v) is 9.25. The second kappa shape index (κ2) is 7.94. The number of rotatable bonds is 7. The lowest BCUT2D eigenvalue weighted by molar-refractivity contribution is -0.132. The maximum Gasteiger partial charge on any atom is 0.333 e. The SMILES string of the molecule is CCCCCC/C(N=C=O)=C(/C)C(=O)O. The number of unbranched alkanes of at least 4 members (excludes halogenated alkanes) is 3. The molecule has 0 aromatic heterocycles. The van der Waals surface area contributed by atoms with Gasteiger partial charge < -0.3 is 5.11 Å². The molecule has 84 valence electrons. The summed E-state index contributed by atoms with van der Waals surface area (Å²) in [5, 5.41) is 8.73. The van der Waals surface area contributed by atoms with E-state index in [9.17, 15) is 9.59 Å². The first-order valence-corrected chi connectivity index (χ1v) is 5.14. The highest BCUT2D eigenvalue weighted by Crippen LogP contribution is 2.15. The molecule has 15 heavy (non-hydrogen) atoms. The van der Waals surface area contributed by atoms with Gasteiger partial charge in [0.05, 0.1) is 11.3 Å². The van der Waals surface area contributed by atoms with Crippen molar-refractivity contribution in [3.63, 3.8) is 0 Å². The van der Waals surface area contributed by atoms with Crippen LogP contribution in [0.2, 0.25) is 0 Å². The summed E-state index contributed by atoms with van der Waals surface area (Å²) in [6.45, 7) is 3.56. The number of aliphatic imine (C=N–C) groups is 1. The minimum absolute atomic E-state index is 0.134. The molecule has 0 aromatic rings. The number of carbonyl (C=O) groups is 1. The summed E-state index contributed by atoms with van der Waals surface area (Å²) < 4.78 is 0. The molecular formula is C11H17NO3. The number of nitrogens with zero attached hydrogens (tertiary/aromatic N) is 1. The van der Waals surface area contributed by atoms with Crippen LogP contribution in [0.4, 0.5) is 0 Å². The van der Waals surface area contributed by atoms with Gasteiger partial charge in [-0.1, -0.05) is 26.2 Å². The number of hydrogen-bond acceptors (Lipinski definition) is 3. The van der Waals surface area contributed by atoms with Gasteiger partial charge in [0, 0.05) is 0 Å². The number of carboxylic acids is 1. The fraction of sp³-hybridized carbons (Fsp3) is 0.636. The second-order valence-electron chi connectivity index (χ2n) is 3.39. The number of hydrogen-bond donors (Lipinski definition) is 1. The van der Waals surface area contributed by atoms with Crippen molar-refractivity contribution in [3.05, 3.63) is 11.3 Å². The van der Waals surface area contributed by atoms with Crippen molar-refractivity contribution in [1.29, 1.82) is 0 Å². The average Bonchev–Trinajstić information content (AvgIpc) is 2.21. The van der Waals surface area contributed by atoms with Crippen LogP contribution in [0.15, 0.2) is 16.3 Å². The topological polar surface area (TPSA) is 66.7 Å². The van der Waals surface area contributed by atoms with Crippen molar-refractivity contribution in [2.45, 2.75) is 46.0 Å². The van der Waals surface area contributed by atoms with E-state index in [0.29, 0.717) is 12.1 Å². The predicted octanol–water partition coefficient (Wildman–Crippen LogP) is 2.65. The maximum atomic E-state index is 10.7. The summed E-state index contributed by atoms with van der Waals surface area (Å²) in [7, 11) is 0. The Morgan fingerprint density at radius 2 is 2.00 bits per heavy atom. The van der Waals surface area contributed by atoms with E-state index in [4.69, 9.17) is 5.11 Å². The number of aliphatic carboxylic acids is 1. The van der Waals surface area contributed by atoms with Crippen LogP contribution in [-0.2, 0) is 9.59 Å². The van der Waals surface area contributed by atoms with Crippen LogP contribution in [0.5, 0.6) is 0 Å². The van der Waals surface area contributed by atoms with Crippen molar-refractivity contribution in [1.82, 2.24) is 0 Å². The fourth-order valence-electron chi connectivity index (χ4n) is 1.23. The normalized spacial score (nSPS) is 11.6. The lowest BCUT2D eigenvalue weighted by Gasteiger charge is -2.02. The summed E-state index contributed by atoms with van der Waals surface area (Å²) in [6.07, 6.45) is 6.06. The van der Waals surface area contributed by atoms with E-state index < -0.39 is 5.97 Å². The summed E-state index contributed by atoms with van der Waals surface area (Å²) in [6, 6.07) is 0. The van der Waals surface area contributed by atoms with E-state index in [-0.39, 0.29) is 5.57 Å². The number of allylic oxidation sites excluding steroid dienone is 1. The summed E-state index contributed by atoms with van der Waals surface area (Å²) in [4.78, 5) is 24.2. The Balaban J connectivity index is 4.35. The first-order chi connectivity index (χ1) is 7.13. The Morgan fingerprint density at radius 1 is 1.33 bits per heavy atom. The molecule has 0 aromatic carbocycles. The molecule has 1 N–H and O–H groups in total. The van der Waals surface area contributed by atoms with Crippen LogP contribution in [-0.4, -0.2) is 17.2 Å². The predicted molar refractivity (Wildman–Crippen MR) is 57.2 cm³/mol. The number of carboxylic acid groups (broad SMARTS) is 1. The summed E-state index contributed by atoms with van der Waals surface area (Å²) >= 11 is 0. The zero-order valence-electron chi connectivity index (χ0n) is 9.25. The van der Waals surface area contributed by atoms with Gasteiger partial charge in [-0.05, 0) is 19.8 Å². The van der Waals surface area contributed by atoms with Gasteiger partial charge >= 0.3 is 5.97 Å². The molecule has 0 saturated heterocycles. The lowest BCUT2D eigenvalue weighted by Crippen LogP contribution is -2.00. The Labute approximate surface area is 89.7 Å². The molecule has 0 aliphatic carbocycles. The quantitative estimate of drug-likeness (QED) is 0.304. The molecule has 0 heterocycles. The third kappa shape index (κ3) is 5.81. The van der Waals surface area contributed by atoms with Gasteiger partial charge in [0.1, 0.15) is 0 Å². The average molecular weight is 211 g/mol. The molecule has 0 fully saturated rings. The molecule has 0 unspecified atom stereocenters. The van der Waals surface area contributed by atoms with Crippen molar-refractivity contribution in [3.8, 4) is 0 Å². The zero-order chi connectivity index (χ0) is 11.7. The Morgan fingerprint density at radius 3 is 2.47 bits per heavy atom. The van der Waals surface area contributed by atoms with E-state index in [0.717, 1.165) is 25.7 Å². The van der Waals surface area contributed by atoms with E-state index in [1.54, 1.807) is 0 Å². The Hall–Kier alpha value is -1.41. The first-order valence-electron chi connectivity index (χ1n) is 5.14. The van der Waals surface area contributed by atoms with Gasteiger partial charge in [0.25, 0.3) is 0 Å². The highest BCUT2D eigenvalue weighted by molar-refractivity contribution is 5.86. The highest BCUT2D eigenvalue weighted by Gasteiger charge is 2.08. The Bertz CT molecular complexity index is 288. The third-order valence-corrected chi connectivity index (χ3v) is 2.20. The molecule has 0 bridgehead atoms.